The standard InChI is InChI=1S/C13H21N5/c1-17-10-5-6-11(17)9-18(8-7-10)13-4-2-3-12(15-13)16-14/h2-4,10-11H,5-9,14H2,1H3,(H,15,16). The monoisotopic (exact) mass is 247 g/mol. The molecule has 18 heavy (non-hydrogen) atoms. The van der Waals surface area contributed by atoms with Crippen LogP contribution in [0.1, 0.15) is 19.3 Å². The van der Waals surface area contributed by atoms with E-state index in [-0.39, 0.29) is 0 Å². The van der Waals surface area contributed by atoms with Crippen LogP contribution in [0.15, 0.2) is 18.2 Å². The topological polar surface area (TPSA) is 57.4 Å². The van der Waals surface area contributed by atoms with Gasteiger partial charge in [0.2, 0.25) is 0 Å². The van der Waals surface area contributed by atoms with Crippen molar-refractivity contribution in [3.05, 3.63) is 18.2 Å². The molecule has 3 N–H and O–H groups in total. The normalized spacial score (nSPS) is 28.2. The predicted molar refractivity (Wildman–Crippen MR) is 73.5 cm³/mol. The number of likely N-dealkylation sites (N-methyl/N-ethyl adjacent to an activating group) is 1. The molecule has 0 amide bonds. The maximum Gasteiger partial charge on any atom is 0.142 e. The Morgan fingerprint density at radius 1 is 1.28 bits per heavy atom. The summed E-state index contributed by atoms with van der Waals surface area (Å²) in [7, 11) is 2.26. The zero-order chi connectivity index (χ0) is 12.5. The number of aromatic nitrogens is 1. The fourth-order valence-electron chi connectivity index (χ4n) is 3.20. The van der Waals surface area contributed by atoms with E-state index in [1.165, 1.54) is 19.3 Å². The SMILES string of the molecule is CN1C2CCC1CN(c1cccc(NN)n1)CC2. The lowest BCUT2D eigenvalue weighted by molar-refractivity contribution is 0.254. The lowest BCUT2D eigenvalue weighted by Crippen LogP contribution is -2.37. The Hall–Kier alpha value is -1.33. The third-order valence-electron chi connectivity index (χ3n) is 4.35. The average molecular weight is 247 g/mol. The number of nitrogens with two attached hydrogens (primary N) is 1. The number of nitrogens with one attached hydrogen (secondary N) is 1. The van der Waals surface area contributed by atoms with Gasteiger partial charge in [0.25, 0.3) is 0 Å². The third kappa shape index (κ3) is 2.04. The summed E-state index contributed by atoms with van der Waals surface area (Å²) in [4.78, 5) is 9.47. The van der Waals surface area contributed by atoms with Crippen LogP contribution in [-0.4, -0.2) is 42.1 Å². The summed E-state index contributed by atoms with van der Waals surface area (Å²) in [5.74, 6) is 7.19. The molecular formula is C13H21N5. The average Bonchev–Trinajstić information content (AvgIpc) is 2.63. The molecule has 2 bridgehead atoms. The van der Waals surface area contributed by atoms with Crippen molar-refractivity contribution < 1.29 is 0 Å². The number of nitrogen functional groups attached to an aromatic ring is 1. The van der Waals surface area contributed by atoms with Gasteiger partial charge in [-0.2, -0.15) is 0 Å². The first-order valence-corrected chi connectivity index (χ1v) is 6.68. The van der Waals surface area contributed by atoms with Crippen molar-refractivity contribution in [3.8, 4) is 0 Å². The highest BCUT2D eigenvalue weighted by Crippen LogP contribution is 2.30. The number of hydrogen-bond donors (Lipinski definition) is 2. The van der Waals surface area contributed by atoms with Crippen molar-refractivity contribution in [2.24, 2.45) is 5.84 Å². The molecule has 2 atom stereocenters. The first-order valence-electron chi connectivity index (χ1n) is 6.68. The number of hydrazine groups is 1. The van der Waals surface area contributed by atoms with Crippen LogP contribution in [0.5, 0.6) is 0 Å². The third-order valence-corrected chi connectivity index (χ3v) is 4.35. The van der Waals surface area contributed by atoms with Gasteiger partial charge < -0.3 is 10.3 Å². The number of rotatable bonds is 2. The van der Waals surface area contributed by atoms with E-state index >= 15 is 0 Å². The molecule has 5 heteroatoms. The fourth-order valence-corrected chi connectivity index (χ4v) is 3.20. The van der Waals surface area contributed by atoms with E-state index in [1.807, 2.05) is 12.1 Å². The molecule has 98 valence electrons. The quantitative estimate of drug-likeness (QED) is 0.604. The lowest BCUT2D eigenvalue weighted by Gasteiger charge is -2.26. The number of fused-ring (bicyclic) bond motifs is 2. The van der Waals surface area contributed by atoms with Crippen LogP contribution in [0.25, 0.3) is 0 Å². The molecule has 2 aliphatic heterocycles. The van der Waals surface area contributed by atoms with Gasteiger partial charge in [0.15, 0.2) is 0 Å². The molecule has 5 nitrogen and oxygen atoms in total. The molecule has 0 radical (unpaired) electrons. The highest BCUT2D eigenvalue weighted by Gasteiger charge is 2.34. The molecule has 1 aromatic heterocycles. The smallest absolute Gasteiger partial charge is 0.142 e. The summed E-state index contributed by atoms with van der Waals surface area (Å²) in [6.45, 7) is 2.17. The molecule has 0 saturated carbocycles. The second kappa shape index (κ2) is 4.74. The lowest BCUT2D eigenvalue weighted by atomic mass is 10.1. The summed E-state index contributed by atoms with van der Waals surface area (Å²) >= 11 is 0. The minimum Gasteiger partial charge on any atom is -0.355 e. The van der Waals surface area contributed by atoms with E-state index in [9.17, 15) is 0 Å². The Labute approximate surface area is 108 Å². The van der Waals surface area contributed by atoms with Gasteiger partial charge in [0, 0.05) is 25.2 Å². The Morgan fingerprint density at radius 3 is 2.94 bits per heavy atom. The van der Waals surface area contributed by atoms with Crippen molar-refractivity contribution in [2.45, 2.75) is 31.3 Å². The zero-order valence-electron chi connectivity index (χ0n) is 10.8. The summed E-state index contributed by atoms with van der Waals surface area (Å²) in [5, 5.41) is 0. The zero-order valence-corrected chi connectivity index (χ0v) is 10.8. The molecule has 2 aliphatic rings. The summed E-state index contributed by atoms with van der Waals surface area (Å²) in [5.41, 5.74) is 2.62. The minimum absolute atomic E-state index is 0.675. The second-order valence-electron chi connectivity index (χ2n) is 5.31. The van der Waals surface area contributed by atoms with E-state index < -0.39 is 0 Å². The first kappa shape index (κ1) is 11.7. The number of anilines is 2. The molecular weight excluding hydrogens is 226 g/mol. The largest absolute Gasteiger partial charge is 0.355 e. The van der Waals surface area contributed by atoms with Crippen LogP contribution in [0.2, 0.25) is 0 Å². The van der Waals surface area contributed by atoms with Crippen molar-refractivity contribution >= 4 is 11.6 Å². The predicted octanol–water partition coefficient (Wildman–Crippen LogP) is 1.04. The Balaban J connectivity index is 1.80. The van der Waals surface area contributed by atoms with E-state index in [0.29, 0.717) is 6.04 Å². The summed E-state index contributed by atoms with van der Waals surface area (Å²) < 4.78 is 0. The van der Waals surface area contributed by atoms with Crippen LogP contribution < -0.4 is 16.2 Å². The van der Waals surface area contributed by atoms with Gasteiger partial charge >= 0.3 is 0 Å². The number of nitrogens with zero attached hydrogens (tertiary/aromatic N) is 3. The molecule has 0 aromatic carbocycles. The van der Waals surface area contributed by atoms with E-state index in [1.54, 1.807) is 0 Å². The Morgan fingerprint density at radius 2 is 2.11 bits per heavy atom. The van der Waals surface area contributed by atoms with Crippen LogP contribution in [-0.2, 0) is 0 Å². The van der Waals surface area contributed by atoms with Gasteiger partial charge in [-0.3, -0.25) is 4.90 Å². The van der Waals surface area contributed by atoms with Crippen LogP contribution in [0.4, 0.5) is 11.6 Å². The fraction of sp³-hybridized carbons (Fsp3) is 0.615. The summed E-state index contributed by atoms with van der Waals surface area (Å²) in [6.07, 6.45) is 3.90. The maximum absolute atomic E-state index is 5.42. The highest BCUT2D eigenvalue weighted by atomic mass is 15.3. The molecule has 0 spiro atoms. The minimum atomic E-state index is 0.675. The van der Waals surface area contributed by atoms with E-state index in [2.05, 4.69) is 33.3 Å². The van der Waals surface area contributed by atoms with Gasteiger partial charge in [0.1, 0.15) is 11.6 Å². The van der Waals surface area contributed by atoms with Crippen molar-refractivity contribution in [2.75, 3.05) is 30.5 Å². The van der Waals surface area contributed by atoms with E-state index in [0.717, 1.165) is 30.8 Å². The molecule has 3 heterocycles. The van der Waals surface area contributed by atoms with Gasteiger partial charge in [0.05, 0.1) is 0 Å². The van der Waals surface area contributed by atoms with Crippen molar-refractivity contribution in [1.82, 2.24) is 9.88 Å². The molecule has 2 unspecified atom stereocenters. The molecule has 2 fully saturated rings. The van der Waals surface area contributed by atoms with Gasteiger partial charge in [-0.15, -0.1) is 0 Å². The maximum atomic E-state index is 5.42. The second-order valence-corrected chi connectivity index (χ2v) is 5.31. The molecule has 3 rings (SSSR count). The van der Waals surface area contributed by atoms with Gasteiger partial charge in [-0.1, -0.05) is 6.07 Å². The first-order chi connectivity index (χ1) is 8.78. The molecule has 2 saturated heterocycles. The number of pyridine rings is 1. The van der Waals surface area contributed by atoms with Crippen molar-refractivity contribution in [1.29, 1.82) is 0 Å². The van der Waals surface area contributed by atoms with Crippen LogP contribution >= 0.6 is 0 Å². The highest BCUT2D eigenvalue weighted by molar-refractivity contribution is 5.46. The molecule has 0 aliphatic carbocycles. The summed E-state index contributed by atoms with van der Waals surface area (Å²) in [6, 6.07) is 7.40. The van der Waals surface area contributed by atoms with Crippen LogP contribution in [0.3, 0.4) is 0 Å². The van der Waals surface area contributed by atoms with E-state index in [4.69, 9.17) is 5.84 Å². The van der Waals surface area contributed by atoms with Crippen LogP contribution in [0, 0.1) is 0 Å². The van der Waals surface area contributed by atoms with Gasteiger partial charge in [-0.25, -0.2) is 10.8 Å². The number of hydrogen-bond acceptors (Lipinski definition) is 5. The van der Waals surface area contributed by atoms with Gasteiger partial charge in [-0.05, 0) is 38.4 Å². The molecule has 1 aromatic rings. The Kier molecular flexibility index (Phi) is 3.09. The Bertz CT molecular complexity index is 422. The van der Waals surface area contributed by atoms with Crippen molar-refractivity contribution in [3.63, 3.8) is 0 Å².